The number of hydrogen-bond acceptors (Lipinski definition) is 6. The normalized spacial score (nSPS) is 10.6. The van der Waals surface area contributed by atoms with Crippen LogP contribution in [0.5, 0.6) is 0 Å². The molecule has 112 valence electrons. The Bertz CT molecular complexity index is 790. The van der Waals surface area contributed by atoms with Crippen molar-refractivity contribution in [3.8, 4) is 11.4 Å². The number of hydrogen-bond donors (Lipinski definition) is 0. The number of esters is 1. The summed E-state index contributed by atoms with van der Waals surface area (Å²) in [6.07, 6.45) is 0. The largest absolute Gasteiger partial charge is 0.451 e. The topological polar surface area (TPSA) is 65.2 Å². The molecule has 6 heteroatoms. The van der Waals surface area contributed by atoms with Gasteiger partial charge < -0.3 is 9.26 Å². The summed E-state index contributed by atoms with van der Waals surface area (Å²) in [4.78, 5) is 17.7. The van der Waals surface area contributed by atoms with Gasteiger partial charge in [-0.3, -0.25) is 0 Å². The summed E-state index contributed by atoms with van der Waals surface area (Å²) < 4.78 is 10.3. The molecular formula is C16H14N2O3S. The molecule has 3 rings (SSSR count). The Labute approximate surface area is 131 Å². The van der Waals surface area contributed by atoms with Crippen LogP contribution in [0.2, 0.25) is 0 Å². The molecule has 2 heterocycles. The third-order valence-corrected chi connectivity index (χ3v) is 4.03. The molecule has 22 heavy (non-hydrogen) atoms. The number of carbonyl (C=O) groups is 1. The standard InChI is InChI=1S/C16H14N2O3S/c1-10-3-6-12(7-4-10)15-17-14(21-18-15)9-20-16(19)13-8-5-11(2)22-13/h3-8H,9H2,1-2H3. The maximum absolute atomic E-state index is 11.8. The molecule has 1 aromatic carbocycles. The number of aromatic nitrogens is 2. The van der Waals surface area contributed by atoms with Gasteiger partial charge in [0, 0.05) is 10.4 Å². The Kier molecular flexibility index (Phi) is 4.02. The van der Waals surface area contributed by atoms with E-state index in [1.807, 2.05) is 44.2 Å². The van der Waals surface area contributed by atoms with Gasteiger partial charge in [-0.2, -0.15) is 4.98 Å². The molecule has 0 spiro atoms. The van der Waals surface area contributed by atoms with Gasteiger partial charge in [0.05, 0.1) is 0 Å². The van der Waals surface area contributed by atoms with Crippen molar-refractivity contribution in [2.75, 3.05) is 0 Å². The Balaban J connectivity index is 1.64. The Morgan fingerprint density at radius 3 is 2.64 bits per heavy atom. The fourth-order valence-electron chi connectivity index (χ4n) is 1.88. The molecule has 5 nitrogen and oxygen atoms in total. The van der Waals surface area contributed by atoms with Crippen LogP contribution in [0.4, 0.5) is 0 Å². The van der Waals surface area contributed by atoms with Crippen LogP contribution in [0.25, 0.3) is 11.4 Å². The lowest BCUT2D eigenvalue weighted by atomic mass is 10.1. The van der Waals surface area contributed by atoms with Crippen molar-refractivity contribution in [2.24, 2.45) is 0 Å². The summed E-state index contributed by atoms with van der Waals surface area (Å²) in [7, 11) is 0. The minimum Gasteiger partial charge on any atom is -0.451 e. The molecule has 0 radical (unpaired) electrons. The Hall–Kier alpha value is -2.47. The third-order valence-electron chi connectivity index (χ3n) is 3.05. The third kappa shape index (κ3) is 3.23. The smallest absolute Gasteiger partial charge is 0.348 e. The van der Waals surface area contributed by atoms with Gasteiger partial charge in [0.1, 0.15) is 4.88 Å². The quantitative estimate of drug-likeness (QED) is 0.686. The lowest BCUT2D eigenvalue weighted by Crippen LogP contribution is -2.03. The zero-order valence-electron chi connectivity index (χ0n) is 12.2. The fourth-order valence-corrected chi connectivity index (χ4v) is 2.64. The van der Waals surface area contributed by atoms with E-state index in [2.05, 4.69) is 10.1 Å². The predicted octanol–water partition coefficient (Wildman–Crippen LogP) is 3.77. The molecule has 2 aromatic heterocycles. The van der Waals surface area contributed by atoms with Gasteiger partial charge in [-0.05, 0) is 26.0 Å². The Morgan fingerprint density at radius 1 is 1.18 bits per heavy atom. The van der Waals surface area contributed by atoms with Crippen LogP contribution in [-0.2, 0) is 11.3 Å². The number of thiophene rings is 1. The van der Waals surface area contributed by atoms with E-state index in [1.54, 1.807) is 6.07 Å². The van der Waals surface area contributed by atoms with E-state index in [1.165, 1.54) is 11.3 Å². The monoisotopic (exact) mass is 314 g/mol. The molecule has 0 unspecified atom stereocenters. The highest BCUT2D eigenvalue weighted by Gasteiger charge is 2.13. The van der Waals surface area contributed by atoms with Gasteiger partial charge >= 0.3 is 5.97 Å². The first-order chi connectivity index (χ1) is 10.6. The first-order valence-corrected chi connectivity index (χ1v) is 7.56. The van der Waals surface area contributed by atoms with Gasteiger partial charge in [-0.1, -0.05) is 35.0 Å². The number of rotatable bonds is 4. The van der Waals surface area contributed by atoms with Crippen molar-refractivity contribution < 1.29 is 14.1 Å². The molecule has 0 fully saturated rings. The molecule has 3 aromatic rings. The van der Waals surface area contributed by atoms with E-state index in [-0.39, 0.29) is 18.5 Å². The SMILES string of the molecule is Cc1ccc(-c2noc(COC(=O)c3ccc(C)s3)n2)cc1. The highest BCUT2D eigenvalue weighted by molar-refractivity contribution is 7.13. The van der Waals surface area contributed by atoms with E-state index >= 15 is 0 Å². The first kappa shape index (κ1) is 14.5. The van der Waals surface area contributed by atoms with Crippen LogP contribution in [-0.4, -0.2) is 16.1 Å². The minimum absolute atomic E-state index is 0.0331. The molecular weight excluding hydrogens is 300 g/mol. The van der Waals surface area contributed by atoms with Crippen LogP contribution >= 0.6 is 11.3 Å². The highest BCUT2D eigenvalue weighted by atomic mass is 32.1. The van der Waals surface area contributed by atoms with Gasteiger partial charge in [0.2, 0.25) is 5.82 Å². The lowest BCUT2D eigenvalue weighted by molar-refractivity contribution is 0.0435. The molecule has 0 aliphatic rings. The van der Waals surface area contributed by atoms with Crippen LogP contribution in [0.15, 0.2) is 40.9 Å². The van der Waals surface area contributed by atoms with E-state index in [0.717, 1.165) is 16.0 Å². The van der Waals surface area contributed by atoms with Crippen molar-refractivity contribution in [3.05, 3.63) is 57.6 Å². The number of benzene rings is 1. The van der Waals surface area contributed by atoms with Crippen LogP contribution < -0.4 is 0 Å². The number of ether oxygens (including phenoxy) is 1. The van der Waals surface area contributed by atoms with Gasteiger partial charge in [0.15, 0.2) is 6.61 Å². The van der Waals surface area contributed by atoms with E-state index in [0.29, 0.717) is 10.7 Å². The lowest BCUT2D eigenvalue weighted by Gasteiger charge is -1.98. The van der Waals surface area contributed by atoms with E-state index in [9.17, 15) is 4.79 Å². The highest BCUT2D eigenvalue weighted by Crippen LogP contribution is 2.18. The first-order valence-electron chi connectivity index (χ1n) is 6.75. The summed E-state index contributed by atoms with van der Waals surface area (Å²) in [5, 5.41) is 3.90. The fraction of sp³-hybridized carbons (Fsp3) is 0.188. The second-order valence-corrected chi connectivity index (χ2v) is 6.15. The maximum atomic E-state index is 11.8. The minimum atomic E-state index is -0.381. The van der Waals surface area contributed by atoms with Crippen LogP contribution in [0, 0.1) is 13.8 Å². The molecule has 0 aliphatic carbocycles. The summed E-state index contributed by atoms with van der Waals surface area (Å²) in [6.45, 7) is 3.92. The molecule has 0 atom stereocenters. The zero-order valence-corrected chi connectivity index (χ0v) is 13.0. The van der Waals surface area contributed by atoms with E-state index in [4.69, 9.17) is 9.26 Å². The average molecular weight is 314 g/mol. The van der Waals surface area contributed by atoms with Gasteiger partial charge in [0.25, 0.3) is 5.89 Å². The van der Waals surface area contributed by atoms with Crippen molar-refractivity contribution in [1.82, 2.24) is 10.1 Å². The van der Waals surface area contributed by atoms with E-state index < -0.39 is 0 Å². The van der Waals surface area contributed by atoms with Crippen molar-refractivity contribution >= 4 is 17.3 Å². The van der Waals surface area contributed by atoms with Crippen molar-refractivity contribution in [2.45, 2.75) is 20.5 Å². The van der Waals surface area contributed by atoms with Crippen molar-refractivity contribution in [3.63, 3.8) is 0 Å². The number of nitrogens with zero attached hydrogens (tertiary/aromatic N) is 2. The van der Waals surface area contributed by atoms with Gasteiger partial charge in [-0.15, -0.1) is 11.3 Å². The predicted molar refractivity (Wildman–Crippen MR) is 82.6 cm³/mol. The zero-order chi connectivity index (χ0) is 15.5. The molecule has 0 aliphatic heterocycles. The second kappa shape index (κ2) is 6.11. The Morgan fingerprint density at radius 2 is 1.95 bits per heavy atom. The summed E-state index contributed by atoms with van der Waals surface area (Å²) in [5.74, 6) is 0.378. The number of aryl methyl sites for hydroxylation is 2. The van der Waals surface area contributed by atoms with Gasteiger partial charge in [-0.25, -0.2) is 4.79 Å². The second-order valence-electron chi connectivity index (χ2n) is 4.86. The molecule has 0 bridgehead atoms. The molecule has 0 amide bonds. The summed E-state index contributed by atoms with van der Waals surface area (Å²) in [5.41, 5.74) is 2.02. The molecule has 0 saturated heterocycles. The summed E-state index contributed by atoms with van der Waals surface area (Å²) >= 11 is 1.39. The summed E-state index contributed by atoms with van der Waals surface area (Å²) in [6, 6.07) is 11.4. The average Bonchev–Trinajstić information content (AvgIpc) is 3.15. The molecule has 0 saturated carbocycles. The van der Waals surface area contributed by atoms with Crippen molar-refractivity contribution in [1.29, 1.82) is 0 Å². The van der Waals surface area contributed by atoms with Crippen LogP contribution in [0.1, 0.15) is 26.0 Å². The number of carbonyl (C=O) groups excluding carboxylic acids is 1. The molecule has 0 N–H and O–H groups in total. The van der Waals surface area contributed by atoms with Crippen LogP contribution in [0.3, 0.4) is 0 Å². The maximum Gasteiger partial charge on any atom is 0.348 e.